The largest absolute Gasteiger partial charge is 0.493 e. The number of nitrogens with one attached hydrogen (secondary N) is 1. The topological polar surface area (TPSA) is 67.9 Å². The van der Waals surface area contributed by atoms with E-state index in [4.69, 9.17) is 39.7 Å². The van der Waals surface area contributed by atoms with Crippen molar-refractivity contribution in [3.63, 3.8) is 0 Å². The minimum absolute atomic E-state index is 0.0214. The highest BCUT2D eigenvalue weighted by Gasteiger charge is 2.35. The van der Waals surface area contributed by atoms with Gasteiger partial charge in [-0.1, -0.05) is 29.7 Å². The van der Waals surface area contributed by atoms with E-state index in [2.05, 4.69) is 11.2 Å². The summed E-state index contributed by atoms with van der Waals surface area (Å²) in [5, 5.41) is 2.34. The number of thiocarbonyl (C=S) groups is 1. The van der Waals surface area contributed by atoms with Gasteiger partial charge in [0.1, 0.15) is 18.0 Å². The summed E-state index contributed by atoms with van der Waals surface area (Å²) in [6, 6.07) is 8.59. The molecule has 1 fully saturated rings. The predicted octanol–water partition coefficient (Wildman–Crippen LogP) is 3.33. The molecule has 0 radical (unpaired) electrons. The average Bonchev–Trinajstić information content (AvgIpc) is 2.71. The van der Waals surface area contributed by atoms with Gasteiger partial charge in [0.2, 0.25) is 0 Å². The summed E-state index contributed by atoms with van der Waals surface area (Å²) in [4.78, 5) is 26.3. The number of carbonyl (C=O) groups excluding carboxylic acids is 2. The molecule has 6 nitrogen and oxygen atoms in total. The van der Waals surface area contributed by atoms with Crippen LogP contribution in [-0.2, 0) is 9.59 Å². The quantitative estimate of drug-likeness (QED) is 0.331. The molecule has 1 heterocycles. The second kappa shape index (κ2) is 8.95. The second-order valence-electron chi connectivity index (χ2n) is 5.94. The van der Waals surface area contributed by atoms with Crippen molar-refractivity contribution in [2.24, 2.45) is 0 Å². The Hall–Kier alpha value is -3.41. The number of benzene rings is 2. The van der Waals surface area contributed by atoms with Gasteiger partial charge in [-0.25, -0.2) is 9.29 Å². The van der Waals surface area contributed by atoms with E-state index in [0.29, 0.717) is 5.56 Å². The maximum atomic E-state index is 14.2. The van der Waals surface area contributed by atoms with Crippen LogP contribution in [0.15, 0.2) is 42.0 Å². The third-order valence-electron chi connectivity index (χ3n) is 4.06. The number of terminal acetylenes is 1. The van der Waals surface area contributed by atoms with Crippen LogP contribution in [0.4, 0.5) is 10.1 Å². The number of hydrogen-bond donors (Lipinski definition) is 1. The number of amides is 2. The highest BCUT2D eigenvalue weighted by molar-refractivity contribution is 7.80. The van der Waals surface area contributed by atoms with Crippen LogP contribution in [0.1, 0.15) is 5.56 Å². The average molecular weight is 445 g/mol. The van der Waals surface area contributed by atoms with Gasteiger partial charge in [-0.2, -0.15) is 0 Å². The van der Waals surface area contributed by atoms with Gasteiger partial charge in [-0.05, 0) is 48.1 Å². The van der Waals surface area contributed by atoms with Crippen molar-refractivity contribution in [3.05, 3.63) is 58.4 Å². The van der Waals surface area contributed by atoms with Crippen molar-refractivity contribution < 1.29 is 23.5 Å². The lowest BCUT2D eigenvalue weighted by Gasteiger charge is -2.29. The minimum atomic E-state index is -0.781. The minimum Gasteiger partial charge on any atom is -0.493 e. The van der Waals surface area contributed by atoms with E-state index in [1.807, 2.05) is 0 Å². The normalized spacial score (nSPS) is 15.1. The Labute approximate surface area is 182 Å². The van der Waals surface area contributed by atoms with Crippen LogP contribution in [0.3, 0.4) is 0 Å². The number of carbonyl (C=O) groups is 2. The van der Waals surface area contributed by atoms with Gasteiger partial charge in [-0.3, -0.25) is 14.9 Å². The van der Waals surface area contributed by atoms with Gasteiger partial charge in [0, 0.05) is 0 Å². The summed E-state index contributed by atoms with van der Waals surface area (Å²) < 4.78 is 24.8. The van der Waals surface area contributed by atoms with Gasteiger partial charge in [0.25, 0.3) is 11.8 Å². The van der Waals surface area contributed by atoms with Crippen molar-refractivity contribution >= 4 is 52.5 Å². The number of halogens is 2. The van der Waals surface area contributed by atoms with E-state index < -0.39 is 17.6 Å². The summed E-state index contributed by atoms with van der Waals surface area (Å²) in [5.41, 5.74) is 0.0408. The molecule has 1 aliphatic rings. The molecular weight excluding hydrogens is 431 g/mol. The molecule has 9 heteroatoms. The SMILES string of the molecule is C#CCOc1c(Cl)cc(/C=C2\C(=O)NC(=S)N(c3ccccc3F)C2=O)cc1OC. The first-order chi connectivity index (χ1) is 14.4. The molecular formula is C21H14ClFN2O4S. The summed E-state index contributed by atoms with van der Waals surface area (Å²) in [6.07, 6.45) is 6.49. The van der Waals surface area contributed by atoms with Gasteiger partial charge >= 0.3 is 0 Å². The Morgan fingerprint density at radius 1 is 1.33 bits per heavy atom. The lowest BCUT2D eigenvalue weighted by molar-refractivity contribution is -0.122. The van der Waals surface area contributed by atoms with Crippen molar-refractivity contribution in [2.45, 2.75) is 0 Å². The lowest BCUT2D eigenvalue weighted by Crippen LogP contribution is -2.54. The molecule has 3 rings (SSSR count). The summed E-state index contributed by atoms with van der Waals surface area (Å²) in [5.74, 6) is 0.644. The fraction of sp³-hybridized carbons (Fsp3) is 0.0952. The zero-order valence-electron chi connectivity index (χ0n) is 15.6. The molecule has 0 aromatic heterocycles. The van der Waals surface area contributed by atoms with E-state index in [-0.39, 0.29) is 39.5 Å². The van der Waals surface area contributed by atoms with Gasteiger partial charge in [0.15, 0.2) is 16.6 Å². The molecule has 0 atom stereocenters. The summed E-state index contributed by atoms with van der Waals surface area (Å²) >= 11 is 11.3. The molecule has 1 N–H and O–H groups in total. The molecule has 1 aliphatic heterocycles. The van der Waals surface area contributed by atoms with Crippen LogP contribution in [-0.4, -0.2) is 30.6 Å². The molecule has 0 aliphatic carbocycles. The van der Waals surface area contributed by atoms with Crippen LogP contribution < -0.4 is 19.7 Å². The van der Waals surface area contributed by atoms with Gasteiger partial charge < -0.3 is 9.47 Å². The van der Waals surface area contributed by atoms with Crippen LogP contribution in [0.5, 0.6) is 11.5 Å². The first-order valence-electron chi connectivity index (χ1n) is 8.47. The third-order valence-corrected chi connectivity index (χ3v) is 4.62. The van der Waals surface area contributed by atoms with Gasteiger partial charge in [0.05, 0.1) is 17.8 Å². The molecule has 2 amide bonds. The van der Waals surface area contributed by atoms with E-state index in [1.165, 1.54) is 43.5 Å². The Morgan fingerprint density at radius 2 is 2.07 bits per heavy atom. The third kappa shape index (κ3) is 4.13. The van der Waals surface area contributed by atoms with Crippen molar-refractivity contribution in [2.75, 3.05) is 18.6 Å². The van der Waals surface area contributed by atoms with Crippen LogP contribution in [0, 0.1) is 18.2 Å². The van der Waals surface area contributed by atoms with Crippen LogP contribution in [0.2, 0.25) is 5.02 Å². The first-order valence-corrected chi connectivity index (χ1v) is 9.25. The van der Waals surface area contributed by atoms with Crippen molar-refractivity contribution in [3.8, 4) is 23.8 Å². The van der Waals surface area contributed by atoms with E-state index in [9.17, 15) is 14.0 Å². The number of anilines is 1. The number of rotatable bonds is 5. The number of nitrogens with zero attached hydrogens (tertiary/aromatic N) is 1. The Balaban J connectivity index is 2.04. The summed E-state index contributed by atoms with van der Waals surface area (Å²) in [7, 11) is 1.40. The molecule has 0 unspecified atom stereocenters. The van der Waals surface area contributed by atoms with E-state index in [0.717, 1.165) is 4.90 Å². The first kappa shape index (κ1) is 21.3. The molecule has 2 aromatic rings. The summed E-state index contributed by atoms with van der Waals surface area (Å²) in [6.45, 7) is -0.0214. The fourth-order valence-corrected chi connectivity index (χ4v) is 3.30. The molecule has 0 spiro atoms. The van der Waals surface area contributed by atoms with Crippen LogP contribution >= 0.6 is 23.8 Å². The lowest BCUT2D eigenvalue weighted by atomic mass is 10.1. The zero-order valence-corrected chi connectivity index (χ0v) is 17.1. The maximum Gasteiger partial charge on any atom is 0.270 e. The molecule has 0 saturated carbocycles. The molecule has 2 aromatic carbocycles. The van der Waals surface area contributed by atoms with E-state index >= 15 is 0 Å². The number of hydrogen-bond acceptors (Lipinski definition) is 5. The monoisotopic (exact) mass is 444 g/mol. The number of ether oxygens (including phenoxy) is 2. The molecule has 0 bridgehead atoms. The molecule has 152 valence electrons. The Morgan fingerprint density at radius 3 is 2.73 bits per heavy atom. The second-order valence-corrected chi connectivity index (χ2v) is 6.73. The standard InChI is InChI=1S/C21H14ClFN2O4S/c1-3-8-29-18-14(22)10-12(11-17(18)28-2)9-13-19(26)24-21(30)25(20(13)27)16-7-5-4-6-15(16)23/h1,4-7,9-11H,8H2,2H3,(H,24,26,30)/b13-9+. The van der Waals surface area contributed by atoms with Crippen LogP contribution in [0.25, 0.3) is 6.08 Å². The molecule has 30 heavy (non-hydrogen) atoms. The fourth-order valence-electron chi connectivity index (χ4n) is 2.75. The highest BCUT2D eigenvalue weighted by atomic mass is 35.5. The molecule has 1 saturated heterocycles. The van der Waals surface area contributed by atoms with E-state index in [1.54, 1.807) is 6.07 Å². The number of para-hydroxylation sites is 1. The number of methoxy groups -OCH3 is 1. The maximum absolute atomic E-state index is 14.2. The van der Waals surface area contributed by atoms with Crippen molar-refractivity contribution in [1.82, 2.24) is 5.32 Å². The Bertz CT molecular complexity index is 1130. The predicted molar refractivity (Wildman–Crippen MR) is 115 cm³/mol. The smallest absolute Gasteiger partial charge is 0.270 e. The Kier molecular flexibility index (Phi) is 6.35. The van der Waals surface area contributed by atoms with Gasteiger partial charge in [-0.15, -0.1) is 6.42 Å². The van der Waals surface area contributed by atoms with Crippen molar-refractivity contribution in [1.29, 1.82) is 0 Å². The zero-order chi connectivity index (χ0) is 21.8. The highest BCUT2D eigenvalue weighted by Crippen LogP contribution is 2.37.